The lowest BCUT2D eigenvalue weighted by Gasteiger charge is -2.30. The third kappa shape index (κ3) is 1.91. The zero-order valence-corrected chi connectivity index (χ0v) is 8.71. The lowest BCUT2D eigenvalue weighted by atomic mass is 10.0. The van der Waals surface area contributed by atoms with E-state index in [4.69, 9.17) is 5.11 Å². The van der Waals surface area contributed by atoms with Crippen LogP contribution in [0.5, 0.6) is 0 Å². The van der Waals surface area contributed by atoms with Gasteiger partial charge in [-0.25, -0.2) is 4.39 Å². The van der Waals surface area contributed by atoms with Gasteiger partial charge >= 0.3 is 0 Å². The Morgan fingerprint density at radius 2 is 2.07 bits per heavy atom. The summed E-state index contributed by atoms with van der Waals surface area (Å²) < 4.78 is 12.2. The third-order valence-electron chi connectivity index (χ3n) is 3.46. The summed E-state index contributed by atoms with van der Waals surface area (Å²) in [5, 5.41) is 9.14. The van der Waals surface area contributed by atoms with Crippen molar-refractivity contribution in [2.24, 2.45) is 5.41 Å². The molecule has 1 saturated carbocycles. The van der Waals surface area contributed by atoms with E-state index in [1.165, 1.54) is 0 Å². The van der Waals surface area contributed by atoms with Crippen molar-refractivity contribution < 1.29 is 14.3 Å². The van der Waals surface area contributed by atoms with E-state index in [2.05, 4.69) is 0 Å². The second kappa shape index (κ2) is 3.93. The standard InChI is InChI=1S/C11H16FNO2/c12-7-9-1-5-13(6-2-9)10(15)11(8-14)3-4-11/h7,14H,1-6,8H2. The predicted octanol–water partition coefficient (Wildman–Crippen LogP) is 1.23. The summed E-state index contributed by atoms with van der Waals surface area (Å²) in [7, 11) is 0. The molecular formula is C11H16FNO2. The Morgan fingerprint density at radius 3 is 2.47 bits per heavy atom. The van der Waals surface area contributed by atoms with Crippen molar-refractivity contribution in [3.05, 3.63) is 11.9 Å². The third-order valence-corrected chi connectivity index (χ3v) is 3.46. The Balaban J connectivity index is 1.93. The van der Waals surface area contributed by atoms with Crippen LogP contribution in [0.25, 0.3) is 0 Å². The first kappa shape index (κ1) is 10.6. The first-order valence-electron chi connectivity index (χ1n) is 5.40. The SMILES string of the molecule is O=C(N1CCC(=CF)CC1)C1(CO)CC1. The first-order valence-corrected chi connectivity index (χ1v) is 5.40. The van der Waals surface area contributed by atoms with Crippen molar-refractivity contribution in [3.63, 3.8) is 0 Å². The van der Waals surface area contributed by atoms with Crippen molar-refractivity contribution in [1.82, 2.24) is 4.90 Å². The molecule has 0 radical (unpaired) electrons. The van der Waals surface area contributed by atoms with Gasteiger partial charge in [-0.3, -0.25) is 4.79 Å². The van der Waals surface area contributed by atoms with Gasteiger partial charge in [-0.2, -0.15) is 0 Å². The van der Waals surface area contributed by atoms with E-state index in [0.717, 1.165) is 18.4 Å². The normalized spacial score (nSPS) is 23.9. The number of hydrogen-bond donors (Lipinski definition) is 1. The highest BCUT2D eigenvalue weighted by Crippen LogP contribution is 2.47. The monoisotopic (exact) mass is 213 g/mol. The maximum atomic E-state index is 12.2. The summed E-state index contributed by atoms with van der Waals surface area (Å²) >= 11 is 0. The molecule has 1 heterocycles. The molecule has 0 bridgehead atoms. The van der Waals surface area contributed by atoms with Crippen LogP contribution in [0, 0.1) is 5.41 Å². The number of halogens is 1. The van der Waals surface area contributed by atoms with E-state index in [1.54, 1.807) is 4.90 Å². The summed E-state index contributed by atoms with van der Waals surface area (Å²) in [6.07, 6.45) is 3.50. The van der Waals surface area contributed by atoms with Gasteiger partial charge in [0, 0.05) is 13.1 Å². The summed E-state index contributed by atoms with van der Waals surface area (Å²) in [5.41, 5.74) is 0.310. The second-order valence-corrected chi connectivity index (χ2v) is 4.50. The number of rotatable bonds is 2. The van der Waals surface area contributed by atoms with Crippen LogP contribution in [0.2, 0.25) is 0 Å². The first-order chi connectivity index (χ1) is 7.22. The van der Waals surface area contributed by atoms with Crippen molar-refractivity contribution >= 4 is 5.91 Å². The molecule has 0 unspecified atom stereocenters. The van der Waals surface area contributed by atoms with E-state index in [1.807, 2.05) is 0 Å². The Hall–Kier alpha value is -0.900. The van der Waals surface area contributed by atoms with Gasteiger partial charge in [0.15, 0.2) is 0 Å². The van der Waals surface area contributed by atoms with Crippen LogP contribution in [-0.2, 0) is 4.79 Å². The molecule has 1 aliphatic carbocycles. The molecule has 0 aromatic heterocycles. The number of piperidine rings is 1. The van der Waals surface area contributed by atoms with Gasteiger partial charge in [0.05, 0.1) is 18.4 Å². The number of aliphatic hydroxyl groups is 1. The zero-order chi connectivity index (χ0) is 10.9. The van der Waals surface area contributed by atoms with Crippen molar-refractivity contribution in [3.8, 4) is 0 Å². The van der Waals surface area contributed by atoms with Crippen molar-refractivity contribution in [2.75, 3.05) is 19.7 Å². The maximum Gasteiger partial charge on any atom is 0.231 e. The van der Waals surface area contributed by atoms with E-state index >= 15 is 0 Å². The lowest BCUT2D eigenvalue weighted by molar-refractivity contribution is -0.139. The van der Waals surface area contributed by atoms with Crippen molar-refractivity contribution in [1.29, 1.82) is 0 Å². The summed E-state index contributed by atoms with van der Waals surface area (Å²) in [6.45, 7) is 1.14. The van der Waals surface area contributed by atoms with Gasteiger partial charge in [0.25, 0.3) is 0 Å². The van der Waals surface area contributed by atoms with Crippen LogP contribution in [0.4, 0.5) is 4.39 Å². The van der Waals surface area contributed by atoms with Crippen LogP contribution in [0.3, 0.4) is 0 Å². The number of amides is 1. The fourth-order valence-corrected chi connectivity index (χ4v) is 2.03. The Morgan fingerprint density at radius 1 is 1.47 bits per heavy atom. The van der Waals surface area contributed by atoms with Gasteiger partial charge in [-0.1, -0.05) is 0 Å². The highest BCUT2D eigenvalue weighted by molar-refractivity contribution is 5.85. The molecular weight excluding hydrogens is 197 g/mol. The molecule has 2 aliphatic rings. The van der Waals surface area contributed by atoms with Crippen LogP contribution < -0.4 is 0 Å². The molecule has 2 fully saturated rings. The highest BCUT2D eigenvalue weighted by Gasteiger charge is 2.51. The molecule has 1 N–H and O–H groups in total. The molecule has 84 valence electrons. The lowest BCUT2D eigenvalue weighted by Crippen LogP contribution is -2.42. The van der Waals surface area contributed by atoms with Gasteiger partial charge in [-0.15, -0.1) is 0 Å². The molecule has 15 heavy (non-hydrogen) atoms. The Bertz CT molecular complexity index is 287. The van der Waals surface area contributed by atoms with Crippen LogP contribution in [0.15, 0.2) is 11.9 Å². The molecule has 4 heteroatoms. The van der Waals surface area contributed by atoms with Crippen LogP contribution in [-0.4, -0.2) is 35.6 Å². The molecule has 1 amide bonds. The smallest absolute Gasteiger partial charge is 0.231 e. The fourth-order valence-electron chi connectivity index (χ4n) is 2.03. The number of hydrogen-bond acceptors (Lipinski definition) is 2. The molecule has 0 aromatic carbocycles. The molecule has 2 rings (SSSR count). The van der Waals surface area contributed by atoms with Gasteiger partial charge < -0.3 is 10.0 Å². The molecule has 1 aliphatic heterocycles. The molecule has 0 aromatic rings. The zero-order valence-electron chi connectivity index (χ0n) is 8.71. The number of carbonyl (C=O) groups excluding carboxylic acids is 1. The maximum absolute atomic E-state index is 12.2. The minimum atomic E-state index is -0.475. The Kier molecular flexibility index (Phi) is 2.78. The minimum Gasteiger partial charge on any atom is -0.395 e. The average molecular weight is 213 g/mol. The largest absolute Gasteiger partial charge is 0.395 e. The minimum absolute atomic E-state index is 0.0475. The summed E-state index contributed by atoms with van der Waals surface area (Å²) in [5.74, 6) is 0.0582. The fraction of sp³-hybridized carbons (Fsp3) is 0.727. The number of carbonyl (C=O) groups is 1. The van der Waals surface area contributed by atoms with Crippen molar-refractivity contribution in [2.45, 2.75) is 25.7 Å². The van der Waals surface area contributed by atoms with Gasteiger partial charge in [0.1, 0.15) is 0 Å². The van der Waals surface area contributed by atoms with E-state index in [-0.39, 0.29) is 12.5 Å². The van der Waals surface area contributed by atoms with E-state index in [0.29, 0.717) is 32.3 Å². The quantitative estimate of drug-likeness (QED) is 0.749. The second-order valence-electron chi connectivity index (χ2n) is 4.50. The Labute approximate surface area is 88.6 Å². The topological polar surface area (TPSA) is 40.5 Å². The number of nitrogens with zero attached hydrogens (tertiary/aromatic N) is 1. The van der Waals surface area contributed by atoms with Crippen LogP contribution in [0.1, 0.15) is 25.7 Å². The molecule has 1 saturated heterocycles. The molecule has 0 spiro atoms. The average Bonchev–Trinajstić information content (AvgIpc) is 3.09. The highest BCUT2D eigenvalue weighted by atomic mass is 19.1. The van der Waals surface area contributed by atoms with Gasteiger partial charge in [-0.05, 0) is 31.3 Å². The number of aliphatic hydroxyl groups excluding tert-OH is 1. The summed E-state index contributed by atoms with van der Waals surface area (Å²) in [4.78, 5) is 13.7. The summed E-state index contributed by atoms with van der Waals surface area (Å²) in [6, 6.07) is 0. The molecule has 0 atom stereocenters. The molecule has 3 nitrogen and oxygen atoms in total. The predicted molar refractivity (Wildman–Crippen MR) is 53.8 cm³/mol. The van der Waals surface area contributed by atoms with E-state index < -0.39 is 5.41 Å². The van der Waals surface area contributed by atoms with E-state index in [9.17, 15) is 9.18 Å². The van der Waals surface area contributed by atoms with Gasteiger partial charge in [0.2, 0.25) is 5.91 Å². The van der Waals surface area contributed by atoms with Crippen LogP contribution >= 0.6 is 0 Å². The number of likely N-dealkylation sites (tertiary alicyclic amines) is 1.